The van der Waals surface area contributed by atoms with Crippen molar-refractivity contribution >= 4 is 45.4 Å². The van der Waals surface area contributed by atoms with Gasteiger partial charge in [0.05, 0.1) is 10.2 Å². The number of hydrogen-bond acceptors (Lipinski definition) is 3. The van der Waals surface area contributed by atoms with Crippen molar-refractivity contribution in [1.82, 2.24) is 4.98 Å². The summed E-state index contributed by atoms with van der Waals surface area (Å²) in [7, 11) is 0. The molecule has 0 radical (unpaired) electrons. The summed E-state index contributed by atoms with van der Waals surface area (Å²) in [6, 6.07) is 5.89. The van der Waals surface area contributed by atoms with Gasteiger partial charge in [-0.15, -0.1) is 11.3 Å². The molecule has 1 heterocycles. The molecule has 0 aliphatic rings. The topological polar surface area (TPSA) is 44.9 Å². The molecule has 0 atom stereocenters. The van der Waals surface area contributed by atoms with Crippen molar-refractivity contribution in [3.8, 4) is 0 Å². The molecule has 0 fully saturated rings. The number of anilines is 1. The van der Waals surface area contributed by atoms with Crippen LogP contribution >= 0.6 is 23.6 Å². The van der Waals surface area contributed by atoms with Crippen molar-refractivity contribution in [3.63, 3.8) is 0 Å². The van der Waals surface area contributed by atoms with Gasteiger partial charge >= 0.3 is 0 Å². The summed E-state index contributed by atoms with van der Waals surface area (Å²) in [6.07, 6.45) is 21.9. The van der Waals surface area contributed by atoms with Gasteiger partial charge in [-0.05, 0) is 62.5 Å². The first-order valence-corrected chi connectivity index (χ1v) is 13.0. The van der Waals surface area contributed by atoms with Gasteiger partial charge in [0, 0.05) is 12.1 Å². The molecule has 1 aromatic heterocycles. The van der Waals surface area contributed by atoms with E-state index in [1.807, 2.05) is 18.2 Å². The Labute approximate surface area is 191 Å². The molecule has 0 saturated carbocycles. The van der Waals surface area contributed by atoms with Gasteiger partial charge in [0.15, 0.2) is 3.95 Å². The van der Waals surface area contributed by atoms with E-state index in [9.17, 15) is 4.79 Å². The average molecular weight is 447 g/mol. The number of rotatable bonds is 16. The lowest BCUT2D eigenvalue weighted by Gasteiger charge is -2.05. The predicted molar refractivity (Wildman–Crippen MR) is 135 cm³/mol. The smallest absolute Gasteiger partial charge is 0.224 e. The second-order valence-electron chi connectivity index (χ2n) is 8.11. The highest BCUT2D eigenvalue weighted by molar-refractivity contribution is 7.73. The number of aromatic amines is 1. The zero-order valence-electron chi connectivity index (χ0n) is 18.5. The van der Waals surface area contributed by atoms with Gasteiger partial charge in [0.2, 0.25) is 5.91 Å². The number of carbonyl (C=O) groups excluding carboxylic acids is 1. The fourth-order valence-corrected chi connectivity index (χ4v) is 4.76. The Morgan fingerprint density at radius 2 is 1.60 bits per heavy atom. The Morgan fingerprint density at radius 1 is 0.967 bits per heavy atom. The summed E-state index contributed by atoms with van der Waals surface area (Å²) in [6.45, 7) is 2.27. The normalized spacial score (nSPS) is 11.5. The maximum atomic E-state index is 12.1. The summed E-state index contributed by atoms with van der Waals surface area (Å²) >= 11 is 6.70. The number of aromatic nitrogens is 1. The SMILES string of the molecule is CCCCCCCCC=CCCCCCCCC(=O)Nc1ccc2[nH]c(=S)sc2c1. The van der Waals surface area contributed by atoms with Crippen LogP contribution in [0.2, 0.25) is 0 Å². The van der Waals surface area contributed by atoms with Crippen LogP contribution in [0, 0.1) is 3.95 Å². The van der Waals surface area contributed by atoms with Gasteiger partial charge in [0.25, 0.3) is 0 Å². The largest absolute Gasteiger partial charge is 0.337 e. The lowest BCUT2D eigenvalue weighted by molar-refractivity contribution is -0.116. The van der Waals surface area contributed by atoms with Crippen LogP contribution in [0.3, 0.4) is 0 Å². The van der Waals surface area contributed by atoms with Crippen molar-refractivity contribution in [2.24, 2.45) is 0 Å². The highest BCUT2D eigenvalue weighted by atomic mass is 32.1. The van der Waals surface area contributed by atoms with E-state index in [4.69, 9.17) is 12.2 Å². The van der Waals surface area contributed by atoms with Gasteiger partial charge < -0.3 is 10.3 Å². The van der Waals surface area contributed by atoms with Crippen molar-refractivity contribution < 1.29 is 4.79 Å². The van der Waals surface area contributed by atoms with Crippen LogP contribution in [0.25, 0.3) is 10.2 Å². The molecule has 0 spiro atoms. The second-order valence-corrected chi connectivity index (χ2v) is 9.83. The van der Waals surface area contributed by atoms with E-state index in [1.165, 1.54) is 82.0 Å². The Morgan fingerprint density at radius 3 is 2.30 bits per heavy atom. The van der Waals surface area contributed by atoms with Crippen LogP contribution in [0.15, 0.2) is 30.4 Å². The van der Waals surface area contributed by atoms with Crippen LogP contribution in [0.5, 0.6) is 0 Å². The lowest BCUT2D eigenvalue weighted by atomic mass is 10.1. The number of carbonyl (C=O) groups is 1. The number of unbranched alkanes of at least 4 members (excludes halogenated alkanes) is 11. The molecule has 0 bridgehead atoms. The number of thiazole rings is 1. The van der Waals surface area contributed by atoms with Crippen molar-refractivity contribution in [3.05, 3.63) is 34.3 Å². The summed E-state index contributed by atoms with van der Waals surface area (Å²) < 4.78 is 1.85. The molecule has 1 aromatic carbocycles. The molecule has 166 valence electrons. The Balaban J connectivity index is 1.43. The van der Waals surface area contributed by atoms with Crippen molar-refractivity contribution in [2.45, 2.75) is 96.8 Å². The van der Waals surface area contributed by atoms with E-state index in [-0.39, 0.29) is 5.91 Å². The molecule has 2 rings (SSSR count). The van der Waals surface area contributed by atoms with Crippen molar-refractivity contribution in [2.75, 3.05) is 5.32 Å². The first-order chi connectivity index (χ1) is 14.7. The molecule has 0 saturated heterocycles. The maximum Gasteiger partial charge on any atom is 0.224 e. The first-order valence-electron chi connectivity index (χ1n) is 11.8. The molecule has 2 aromatic rings. The Kier molecular flexibility index (Phi) is 12.7. The molecule has 5 heteroatoms. The van der Waals surface area contributed by atoms with E-state index in [1.54, 1.807) is 0 Å². The van der Waals surface area contributed by atoms with Crippen LogP contribution in [0.1, 0.15) is 96.8 Å². The first kappa shape index (κ1) is 24.8. The average Bonchev–Trinajstić information content (AvgIpc) is 3.10. The van der Waals surface area contributed by atoms with Gasteiger partial charge in [-0.25, -0.2) is 0 Å². The number of H-pyrrole nitrogens is 1. The minimum Gasteiger partial charge on any atom is -0.337 e. The monoisotopic (exact) mass is 446 g/mol. The van der Waals surface area contributed by atoms with Crippen LogP contribution in [-0.2, 0) is 4.79 Å². The predicted octanol–water partition coefficient (Wildman–Crippen LogP) is 8.93. The second kappa shape index (κ2) is 15.4. The Bertz CT molecular complexity index is 822. The fourth-order valence-electron chi connectivity index (χ4n) is 3.60. The number of allylic oxidation sites excluding steroid dienone is 2. The lowest BCUT2D eigenvalue weighted by Crippen LogP contribution is -2.10. The number of fused-ring (bicyclic) bond motifs is 1. The van der Waals surface area contributed by atoms with E-state index < -0.39 is 0 Å². The van der Waals surface area contributed by atoms with E-state index in [0.29, 0.717) is 6.42 Å². The third-order valence-corrected chi connectivity index (χ3v) is 6.57. The molecule has 0 aliphatic carbocycles. The zero-order chi connectivity index (χ0) is 21.4. The molecular formula is C25H38N2OS2. The van der Waals surface area contributed by atoms with Crippen molar-refractivity contribution in [1.29, 1.82) is 0 Å². The fraction of sp³-hybridized carbons (Fsp3) is 0.600. The molecule has 0 unspecified atom stereocenters. The minimum absolute atomic E-state index is 0.103. The van der Waals surface area contributed by atoms with Crippen LogP contribution < -0.4 is 5.32 Å². The molecule has 30 heavy (non-hydrogen) atoms. The van der Waals surface area contributed by atoms with Gasteiger partial charge in [0.1, 0.15) is 0 Å². The molecular weight excluding hydrogens is 408 g/mol. The summed E-state index contributed by atoms with van der Waals surface area (Å²) in [5, 5.41) is 3.00. The number of benzene rings is 1. The zero-order valence-corrected chi connectivity index (χ0v) is 20.1. The standard InChI is InChI=1S/C25H38N2OS2/c1-2-3-4-5-6-7-8-9-10-11-12-13-14-15-16-17-24(28)26-21-18-19-22-23(20-21)30-25(29)27-22/h9-10,18-20H,2-8,11-17H2,1H3,(H,26,28)(H,27,29). The van der Waals surface area contributed by atoms with E-state index in [2.05, 4.69) is 29.4 Å². The highest BCUT2D eigenvalue weighted by Gasteiger charge is 2.04. The molecule has 0 aliphatic heterocycles. The summed E-state index contributed by atoms with van der Waals surface area (Å²) in [5.74, 6) is 0.103. The van der Waals surface area contributed by atoms with Crippen LogP contribution in [-0.4, -0.2) is 10.9 Å². The number of amides is 1. The third kappa shape index (κ3) is 10.5. The number of hydrogen-bond donors (Lipinski definition) is 2. The third-order valence-electron chi connectivity index (χ3n) is 5.37. The highest BCUT2D eigenvalue weighted by Crippen LogP contribution is 2.23. The van der Waals surface area contributed by atoms with E-state index >= 15 is 0 Å². The quantitative estimate of drug-likeness (QED) is 0.153. The molecule has 3 nitrogen and oxygen atoms in total. The molecule has 2 N–H and O–H groups in total. The van der Waals surface area contributed by atoms with Gasteiger partial charge in [-0.2, -0.15) is 0 Å². The maximum absolute atomic E-state index is 12.1. The van der Waals surface area contributed by atoms with E-state index in [0.717, 1.165) is 32.7 Å². The number of nitrogens with one attached hydrogen (secondary N) is 2. The van der Waals surface area contributed by atoms with Crippen LogP contribution in [0.4, 0.5) is 5.69 Å². The molecule has 1 amide bonds. The van der Waals surface area contributed by atoms with Gasteiger partial charge in [-0.1, -0.05) is 70.4 Å². The Hall–Kier alpha value is -1.46. The van der Waals surface area contributed by atoms with Gasteiger partial charge in [-0.3, -0.25) is 4.79 Å². The summed E-state index contributed by atoms with van der Waals surface area (Å²) in [4.78, 5) is 15.3. The summed E-state index contributed by atoms with van der Waals surface area (Å²) in [5.41, 5.74) is 1.88. The minimum atomic E-state index is 0.103.